The van der Waals surface area contributed by atoms with Crippen LogP contribution in [0.5, 0.6) is 0 Å². The van der Waals surface area contributed by atoms with Gasteiger partial charge in [0.1, 0.15) is 5.82 Å². The van der Waals surface area contributed by atoms with Crippen molar-refractivity contribution in [1.29, 1.82) is 0 Å². The van der Waals surface area contributed by atoms with Crippen LogP contribution >= 0.6 is 11.6 Å². The van der Waals surface area contributed by atoms with Crippen LogP contribution in [-0.4, -0.2) is 11.0 Å². The lowest BCUT2D eigenvalue weighted by molar-refractivity contribution is 0.255. The molecule has 16 heavy (non-hydrogen) atoms. The number of hydrogen-bond donors (Lipinski definition) is 2. The summed E-state index contributed by atoms with van der Waals surface area (Å²) in [4.78, 5) is 15.3. The maximum Gasteiger partial charge on any atom is 0.324 e. The van der Waals surface area contributed by atoms with Crippen LogP contribution in [0.15, 0.2) is 30.1 Å². The molecule has 0 fully saturated rings. The number of nitrogens with one attached hydrogen (secondary N) is 2. The van der Waals surface area contributed by atoms with Gasteiger partial charge >= 0.3 is 6.03 Å². The Morgan fingerprint density at radius 3 is 2.88 bits per heavy atom. The molecule has 0 bridgehead atoms. The number of carbonyl (C=O) groups is 1. The SMILES string of the molecule is CC/C(C)=C/NC(=O)Nc1ccc(Cl)cn1. The molecule has 1 rings (SSSR count). The standard InChI is InChI=1S/C11H14ClN3O/c1-3-8(2)6-14-11(16)15-10-5-4-9(12)7-13-10/h4-7H,3H2,1-2H3,(H2,13,14,15,16)/b8-6+. The van der Waals surface area contributed by atoms with E-state index in [1.54, 1.807) is 18.3 Å². The van der Waals surface area contributed by atoms with E-state index >= 15 is 0 Å². The highest BCUT2D eigenvalue weighted by molar-refractivity contribution is 6.30. The highest BCUT2D eigenvalue weighted by Gasteiger charge is 2.00. The third kappa shape index (κ3) is 4.31. The van der Waals surface area contributed by atoms with E-state index in [2.05, 4.69) is 15.6 Å². The Labute approximate surface area is 99.7 Å². The van der Waals surface area contributed by atoms with Gasteiger partial charge in [-0.05, 0) is 25.5 Å². The zero-order valence-corrected chi connectivity index (χ0v) is 10.0. The van der Waals surface area contributed by atoms with E-state index in [4.69, 9.17) is 11.6 Å². The lowest BCUT2D eigenvalue weighted by atomic mass is 10.3. The number of pyridine rings is 1. The van der Waals surface area contributed by atoms with E-state index in [1.807, 2.05) is 13.8 Å². The first-order valence-corrected chi connectivity index (χ1v) is 5.34. The summed E-state index contributed by atoms with van der Waals surface area (Å²) in [7, 11) is 0. The molecule has 0 atom stereocenters. The van der Waals surface area contributed by atoms with Crippen molar-refractivity contribution in [1.82, 2.24) is 10.3 Å². The van der Waals surface area contributed by atoms with Crippen molar-refractivity contribution in [2.45, 2.75) is 20.3 Å². The van der Waals surface area contributed by atoms with Gasteiger partial charge in [0, 0.05) is 12.4 Å². The van der Waals surface area contributed by atoms with Gasteiger partial charge in [0.15, 0.2) is 0 Å². The molecule has 0 aliphatic carbocycles. The summed E-state index contributed by atoms with van der Waals surface area (Å²) in [5.74, 6) is 0.462. The largest absolute Gasteiger partial charge is 0.324 e. The van der Waals surface area contributed by atoms with Gasteiger partial charge in [-0.15, -0.1) is 0 Å². The van der Waals surface area contributed by atoms with Crippen LogP contribution in [0.2, 0.25) is 5.02 Å². The van der Waals surface area contributed by atoms with Gasteiger partial charge in [-0.25, -0.2) is 9.78 Å². The summed E-state index contributed by atoms with van der Waals surface area (Å²) < 4.78 is 0. The fraction of sp³-hybridized carbons (Fsp3) is 0.273. The molecule has 1 heterocycles. The normalized spacial score (nSPS) is 11.1. The molecule has 1 aromatic rings. The van der Waals surface area contributed by atoms with Crippen molar-refractivity contribution < 1.29 is 4.79 Å². The molecule has 0 aliphatic heterocycles. The zero-order chi connectivity index (χ0) is 12.0. The first-order valence-electron chi connectivity index (χ1n) is 4.96. The summed E-state index contributed by atoms with van der Waals surface area (Å²) in [5, 5.41) is 5.73. The minimum atomic E-state index is -0.317. The second kappa shape index (κ2) is 6.12. The molecule has 0 spiro atoms. The Kier molecular flexibility index (Phi) is 4.79. The second-order valence-electron chi connectivity index (χ2n) is 3.30. The molecule has 0 saturated carbocycles. The molecule has 0 radical (unpaired) electrons. The van der Waals surface area contributed by atoms with Gasteiger partial charge in [-0.3, -0.25) is 5.32 Å². The lowest BCUT2D eigenvalue weighted by Crippen LogP contribution is -2.24. The predicted octanol–water partition coefficient (Wildman–Crippen LogP) is 3.17. The van der Waals surface area contributed by atoms with E-state index < -0.39 is 0 Å². The first-order chi connectivity index (χ1) is 7.61. The van der Waals surface area contributed by atoms with E-state index in [-0.39, 0.29) is 6.03 Å². The summed E-state index contributed by atoms with van der Waals surface area (Å²) >= 11 is 5.67. The third-order valence-corrected chi connectivity index (χ3v) is 2.20. The summed E-state index contributed by atoms with van der Waals surface area (Å²) in [6.07, 6.45) is 4.05. The Bertz CT molecular complexity index is 387. The van der Waals surface area contributed by atoms with Crippen LogP contribution in [0.25, 0.3) is 0 Å². The molecule has 1 aromatic heterocycles. The van der Waals surface area contributed by atoms with Crippen LogP contribution in [0.3, 0.4) is 0 Å². The van der Waals surface area contributed by atoms with Crippen LogP contribution < -0.4 is 10.6 Å². The molecule has 0 unspecified atom stereocenters. The zero-order valence-electron chi connectivity index (χ0n) is 9.25. The third-order valence-electron chi connectivity index (χ3n) is 1.98. The minimum Gasteiger partial charge on any atom is -0.314 e. The quantitative estimate of drug-likeness (QED) is 0.851. The van der Waals surface area contributed by atoms with Gasteiger partial charge in [-0.2, -0.15) is 0 Å². The highest BCUT2D eigenvalue weighted by Crippen LogP contribution is 2.09. The number of nitrogens with zero attached hydrogens (tertiary/aromatic N) is 1. The molecule has 5 heteroatoms. The Balaban J connectivity index is 2.49. The Morgan fingerprint density at radius 2 is 2.31 bits per heavy atom. The number of allylic oxidation sites excluding steroid dienone is 1. The lowest BCUT2D eigenvalue weighted by Gasteiger charge is -2.04. The van der Waals surface area contributed by atoms with Crippen LogP contribution in [0.4, 0.5) is 10.6 Å². The fourth-order valence-corrected chi connectivity index (χ4v) is 1.00. The Morgan fingerprint density at radius 1 is 1.56 bits per heavy atom. The van der Waals surface area contributed by atoms with Gasteiger partial charge < -0.3 is 5.32 Å². The molecule has 0 aromatic carbocycles. The topological polar surface area (TPSA) is 54.0 Å². The highest BCUT2D eigenvalue weighted by atomic mass is 35.5. The van der Waals surface area contributed by atoms with E-state index in [0.717, 1.165) is 12.0 Å². The molecule has 0 saturated heterocycles. The molecule has 4 nitrogen and oxygen atoms in total. The van der Waals surface area contributed by atoms with Crippen LogP contribution in [0, 0.1) is 0 Å². The van der Waals surface area contributed by atoms with Crippen LogP contribution in [-0.2, 0) is 0 Å². The second-order valence-corrected chi connectivity index (χ2v) is 3.74. The van der Waals surface area contributed by atoms with Crippen molar-refractivity contribution in [2.75, 3.05) is 5.32 Å². The van der Waals surface area contributed by atoms with Crippen molar-refractivity contribution in [2.24, 2.45) is 0 Å². The molecule has 2 amide bonds. The number of halogens is 1. The monoisotopic (exact) mass is 239 g/mol. The number of carbonyl (C=O) groups excluding carboxylic acids is 1. The van der Waals surface area contributed by atoms with Crippen molar-refractivity contribution in [3.63, 3.8) is 0 Å². The summed E-state index contributed by atoms with van der Waals surface area (Å²) in [6, 6.07) is 2.98. The van der Waals surface area contributed by atoms with Gasteiger partial charge in [0.05, 0.1) is 5.02 Å². The molecular formula is C11H14ClN3O. The fourth-order valence-electron chi connectivity index (χ4n) is 0.893. The van der Waals surface area contributed by atoms with Gasteiger partial charge in [0.25, 0.3) is 0 Å². The number of aromatic nitrogens is 1. The number of amides is 2. The molecule has 86 valence electrons. The maximum absolute atomic E-state index is 11.4. The van der Waals surface area contributed by atoms with Crippen molar-refractivity contribution in [3.8, 4) is 0 Å². The number of hydrogen-bond acceptors (Lipinski definition) is 2. The summed E-state index contributed by atoms with van der Waals surface area (Å²) in [5.41, 5.74) is 1.10. The summed E-state index contributed by atoms with van der Waals surface area (Å²) in [6.45, 7) is 3.97. The van der Waals surface area contributed by atoms with Gasteiger partial charge in [0.2, 0.25) is 0 Å². The van der Waals surface area contributed by atoms with E-state index in [0.29, 0.717) is 10.8 Å². The Hall–Kier alpha value is -1.55. The molecule has 2 N–H and O–H groups in total. The van der Waals surface area contributed by atoms with Crippen molar-refractivity contribution in [3.05, 3.63) is 35.1 Å². The minimum absolute atomic E-state index is 0.317. The van der Waals surface area contributed by atoms with E-state index in [1.165, 1.54) is 6.20 Å². The number of anilines is 1. The smallest absolute Gasteiger partial charge is 0.314 e. The number of rotatable bonds is 3. The van der Waals surface area contributed by atoms with Gasteiger partial charge in [-0.1, -0.05) is 24.1 Å². The molecule has 0 aliphatic rings. The first kappa shape index (κ1) is 12.5. The van der Waals surface area contributed by atoms with Crippen LogP contribution in [0.1, 0.15) is 20.3 Å². The molecular weight excluding hydrogens is 226 g/mol. The predicted molar refractivity (Wildman–Crippen MR) is 65.4 cm³/mol. The number of urea groups is 1. The van der Waals surface area contributed by atoms with E-state index in [9.17, 15) is 4.79 Å². The maximum atomic E-state index is 11.4. The van der Waals surface area contributed by atoms with Crippen molar-refractivity contribution >= 4 is 23.4 Å². The average Bonchev–Trinajstić information content (AvgIpc) is 2.29. The average molecular weight is 240 g/mol.